The molecule has 0 saturated carbocycles. The Labute approximate surface area is 161 Å². The molecule has 1 aromatic carbocycles. The molecule has 3 rings (SSSR count). The Bertz CT molecular complexity index is 818. The average Bonchev–Trinajstić information content (AvgIpc) is 3.28. The van der Waals surface area contributed by atoms with Crippen LogP contribution in [0.2, 0.25) is 0 Å². The van der Waals surface area contributed by atoms with E-state index in [0.29, 0.717) is 5.01 Å². The maximum absolute atomic E-state index is 12.8. The number of thiazole rings is 1. The smallest absolute Gasteiger partial charge is 0.326 e. The molecule has 0 radical (unpaired) electrons. The third-order valence-electron chi connectivity index (χ3n) is 4.34. The van der Waals surface area contributed by atoms with Crippen LogP contribution in [0.25, 0.3) is 10.6 Å². The van der Waals surface area contributed by atoms with Crippen molar-refractivity contribution in [3.05, 3.63) is 35.3 Å². The van der Waals surface area contributed by atoms with Crippen LogP contribution < -0.4 is 4.74 Å². The van der Waals surface area contributed by atoms with Crippen LogP contribution >= 0.6 is 11.3 Å². The first-order valence-corrected chi connectivity index (χ1v) is 9.56. The Morgan fingerprint density at radius 3 is 2.59 bits per heavy atom. The predicted octanol–water partition coefficient (Wildman–Crippen LogP) is 2.91. The summed E-state index contributed by atoms with van der Waals surface area (Å²) in [6, 6.07) is 6.62. The maximum atomic E-state index is 12.8. The van der Waals surface area contributed by atoms with Gasteiger partial charge in [0, 0.05) is 31.0 Å². The van der Waals surface area contributed by atoms with Crippen LogP contribution in [0.1, 0.15) is 30.8 Å². The molecular formula is C19H22N2O5S. The molecule has 8 heteroatoms. The number of aromatic nitrogens is 1. The Morgan fingerprint density at radius 1 is 1.30 bits per heavy atom. The van der Waals surface area contributed by atoms with E-state index in [2.05, 4.69) is 4.98 Å². The lowest BCUT2D eigenvalue weighted by Crippen LogP contribution is -2.40. The standard InChI is InChI=1S/C19H22N2O5S/c1-11(2)26-13-6-4-12(5-7-13)17-20-15(10-27-17)18(22)21-9-14(25-3)8-16(21)19(23)24/h4-7,10-11,14,16H,8-9H2,1-3H3,(H,23,24). The third kappa shape index (κ3) is 4.28. The minimum atomic E-state index is -1.03. The largest absolute Gasteiger partial charge is 0.491 e. The summed E-state index contributed by atoms with van der Waals surface area (Å²) >= 11 is 1.35. The molecule has 144 valence electrons. The molecule has 0 spiro atoms. The second-order valence-corrected chi connectivity index (χ2v) is 7.49. The van der Waals surface area contributed by atoms with Gasteiger partial charge in [-0.2, -0.15) is 0 Å². The van der Waals surface area contributed by atoms with Crippen molar-refractivity contribution in [3.8, 4) is 16.3 Å². The first kappa shape index (κ1) is 19.3. The molecule has 27 heavy (non-hydrogen) atoms. The number of carboxylic acids is 1. The Hall–Kier alpha value is -2.45. The SMILES string of the molecule is COC1CC(C(=O)O)N(C(=O)c2csc(-c3ccc(OC(C)C)cc3)n2)C1. The number of hydrogen-bond acceptors (Lipinski definition) is 6. The van der Waals surface area contributed by atoms with Gasteiger partial charge in [-0.05, 0) is 38.1 Å². The quantitative estimate of drug-likeness (QED) is 0.816. The molecule has 2 unspecified atom stereocenters. The van der Waals surface area contributed by atoms with Crippen molar-refractivity contribution in [2.24, 2.45) is 0 Å². The van der Waals surface area contributed by atoms with Gasteiger partial charge >= 0.3 is 5.97 Å². The van der Waals surface area contributed by atoms with E-state index in [1.54, 1.807) is 5.38 Å². The van der Waals surface area contributed by atoms with Crippen molar-refractivity contribution >= 4 is 23.2 Å². The Balaban J connectivity index is 1.76. The Morgan fingerprint density at radius 2 is 2.00 bits per heavy atom. The first-order chi connectivity index (χ1) is 12.9. The molecule has 2 atom stereocenters. The highest BCUT2D eigenvalue weighted by molar-refractivity contribution is 7.13. The molecule has 1 aliphatic heterocycles. The molecule has 0 bridgehead atoms. The summed E-state index contributed by atoms with van der Waals surface area (Å²) in [6.45, 7) is 4.17. The Kier molecular flexibility index (Phi) is 5.76. The number of carbonyl (C=O) groups excluding carboxylic acids is 1. The van der Waals surface area contributed by atoms with Gasteiger partial charge in [-0.1, -0.05) is 0 Å². The number of nitrogens with zero attached hydrogens (tertiary/aromatic N) is 2. The predicted molar refractivity (Wildman–Crippen MR) is 101 cm³/mol. The van der Waals surface area contributed by atoms with Gasteiger partial charge in [0.15, 0.2) is 0 Å². The fourth-order valence-corrected chi connectivity index (χ4v) is 3.83. The third-order valence-corrected chi connectivity index (χ3v) is 5.23. The van der Waals surface area contributed by atoms with E-state index < -0.39 is 12.0 Å². The number of ether oxygens (including phenoxy) is 2. The summed E-state index contributed by atoms with van der Waals surface area (Å²) in [6.07, 6.45) is 0.103. The van der Waals surface area contributed by atoms with Crippen molar-refractivity contribution in [1.29, 1.82) is 0 Å². The van der Waals surface area contributed by atoms with Gasteiger partial charge in [0.25, 0.3) is 5.91 Å². The van der Waals surface area contributed by atoms with E-state index in [4.69, 9.17) is 9.47 Å². The van der Waals surface area contributed by atoms with Gasteiger partial charge in [0.1, 0.15) is 22.5 Å². The fourth-order valence-electron chi connectivity index (χ4n) is 3.03. The van der Waals surface area contributed by atoms with E-state index in [0.717, 1.165) is 11.3 Å². The number of aliphatic carboxylic acids is 1. The van der Waals surface area contributed by atoms with Crippen LogP contribution in [0.15, 0.2) is 29.6 Å². The zero-order valence-corrected chi connectivity index (χ0v) is 16.2. The zero-order valence-electron chi connectivity index (χ0n) is 15.4. The van der Waals surface area contributed by atoms with Gasteiger partial charge in [-0.15, -0.1) is 11.3 Å². The summed E-state index contributed by atoms with van der Waals surface area (Å²) in [5, 5.41) is 11.7. The van der Waals surface area contributed by atoms with Crippen LogP contribution in [0.3, 0.4) is 0 Å². The van der Waals surface area contributed by atoms with Crippen molar-refractivity contribution in [2.75, 3.05) is 13.7 Å². The van der Waals surface area contributed by atoms with Crippen molar-refractivity contribution in [3.63, 3.8) is 0 Å². The number of likely N-dealkylation sites (tertiary alicyclic amines) is 1. The van der Waals surface area contributed by atoms with Gasteiger partial charge in [-0.3, -0.25) is 4.79 Å². The molecule has 0 aliphatic carbocycles. The molecular weight excluding hydrogens is 368 g/mol. The minimum Gasteiger partial charge on any atom is -0.491 e. The van der Waals surface area contributed by atoms with Crippen LogP contribution in [0.5, 0.6) is 5.75 Å². The number of hydrogen-bond donors (Lipinski definition) is 1. The zero-order chi connectivity index (χ0) is 19.6. The van der Waals surface area contributed by atoms with Gasteiger partial charge in [0.2, 0.25) is 0 Å². The molecule has 1 fully saturated rings. The molecule has 1 aliphatic rings. The molecule has 1 amide bonds. The highest BCUT2D eigenvalue weighted by Crippen LogP contribution is 2.28. The maximum Gasteiger partial charge on any atom is 0.326 e. The average molecular weight is 390 g/mol. The fraction of sp³-hybridized carbons (Fsp3) is 0.421. The molecule has 7 nitrogen and oxygen atoms in total. The monoisotopic (exact) mass is 390 g/mol. The number of benzene rings is 1. The van der Waals surface area contributed by atoms with E-state index in [1.165, 1.54) is 23.3 Å². The van der Waals surface area contributed by atoms with Crippen LogP contribution in [0, 0.1) is 0 Å². The normalized spacial score (nSPS) is 19.5. The van der Waals surface area contributed by atoms with Crippen molar-refractivity contribution < 1.29 is 24.2 Å². The van der Waals surface area contributed by atoms with E-state index in [-0.39, 0.29) is 36.8 Å². The van der Waals surface area contributed by atoms with E-state index >= 15 is 0 Å². The second kappa shape index (κ2) is 8.06. The van der Waals surface area contributed by atoms with Crippen LogP contribution in [-0.4, -0.2) is 58.8 Å². The van der Waals surface area contributed by atoms with E-state index in [1.807, 2.05) is 38.1 Å². The molecule has 1 aromatic heterocycles. The number of carbonyl (C=O) groups is 2. The summed E-state index contributed by atoms with van der Waals surface area (Å²) in [7, 11) is 1.52. The number of rotatable bonds is 6. The molecule has 2 heterocycles. The minimum absolute atomic E-state index is 0.0958. The summed E-state index contributed by atoms with van der Waals surface area (Å²) in [5.74, 6) is -0.642. The lowest BCUT2D eigenvalue weighted by Gasteiger charge is -2.19. The van der Waals surface area contributed by atoms with Gasteiger partial charge in [0.05, 0.1) is 12.2 Å². The lowest BCUT2D eigenvalue weighted by molar-refractivity contribution is -0.141. The highest BCUT2D eigenvalue weighted by Gasteiger charge is 2.40. The summed E-state index contributed by atoms with van der Waals surface area (Å²) in [4.78, 5) is 30.0. The molecule has 1 N–H and O–H groups in total. The highest BCUT2D eigenvalue weighted by atomic mass is 32.1. The topological polar surface area (TPSA) is 89.0 Å². The number of methoxy groups -OCH3 is 1. The summed E-state index contributed by atoms with van der Waals surface area (Å²) in [5.41, 5.74) is 1.13. The number of carboxylic acid groups (broad SMARTS) is 1. The van der Waals surface area contributed by atoms with Crippen molar-refractivity contribution in [1.82, 2.24) is 9.88 Å². The summed E-state index contributed by atoms with van der Waals surface area (Å²) < 4.78 is 10.9. The van der Waals surface area contributed by atoms with Gasteiger partial charge < -0.3 is 19.5 Å². The van der Waals surface area contributed by atoms with Crippen LogP contribution in [0.4, 0.5) is 0 Å². The second-order valence-electron chi connectivity index (χ2n) is 6.63. The van der Waals surface area contributed by atoms with E-state index in [9.17, 15) is 14.7 Å². The van der Waals surface area contributed by atoms with Gasteiger partial charge in [-0.25, -0.2) is 9.78 Å². The van der Waals surface area contributed by atoms with Crippen LogP contribution in [-0.2, 0) is 9.53 Å². The number of amides is 1. The first-order valence-electron chi connectivity index (χ1n) is 8.68. The molecule has 1 saturated heterocycles. The lowest BCUT2D eigenvalue weighted by atomic mass is 10.2. The molecule has 2 aromatic rings. The van der Waals surface area contributed by atoms with Crippen molar-refractivity contribution in [2.45, 2.75) is 38.5 Å².